The van der Waals surface area contributed by atoms with E-state index in [2.05, 4.69) is 26.1 Å². The van der Waals surface area contributed by atoms with Gasteiger partial charge in [0.05, 0.1) is 19.6 Å². The van der Waals surface area contributed by atoms with Gasteiger partial charge >= 0.3 is 5.97 Å². The van der Waals surface area contributed by atoms with Crippen molar-refractivity contribution in [2.45, 2.75) is 13.3 Å². The van der Waals surface area contributed by atoms with Crippen LogP contribution in [-0.2, 0) is 9.53 Å². The SMILES string of the molecule is CCOC(=O)CC1=CNC2=CC=C(Br)CN12. The average molecular weight is 285 g/mol. The highest BCUT2D eigenvalue weighted by Gasteiger charge is 2.24. The minimum absolute atomic E-state index is 0.192. The van der Waals surface area contributed by atoms with E-state index >= 15 is 0 Å². The van der Waals surface area contributed by atoms with Crippen molar-refractivity contribution in [2.75, 3.05) is 13.2 Å². The second kappa shape index (κ2) is 4.74. The molecule has 0 aromatic heterocycles. The topological polar surface area (TPSA) is 41.6 Å². The molecule has 2 aliphatic rings. The van der Waals surface area contributed by atoms with Crippen molar-refractivity contribution in [2.24, 2.45) is 0 Å². The molecule has 0 aromatic carbocycles. The van der Waals surface area contributed by atoms with Crippen molar-refractivity contribution < 1.29 is 9.53 Å². The summed E-state index contributed by atoms with van der Waals surface area (Å²) in [5.74, 6) is 0.810. The van der Waals surface area contributed by atoms with E-state index < -0.39 is 0 Å². The molecule has 0 aromatic rings. The number of hydrogen-bond acceptors (Lipinski definition) is 4. The van der Waals surface area contributed by atoms with Gasteiger partial charge in [-0.25, -0.2) is 0 Å². The number of fused-ring (bicyclic) bond motifs is 1. The van der Waals surface area contributed by atoms with Gasteiger partial charge in [-0.3, -0.25) is 4.79 Å². The number of allylic oxidation sites excluding steroid dienone is 2. The van der Waals surface area contributed by atoms with Crippen LogP contribution in [0.2, 0.25) is 0 Å². The van der Waals surface area contributed by atoms with Gasteiger partial charge in [0, 0.05) is 16.4 Å². The third-order valence-corrected chi connectivity index (χ3v) is 2.90. The minimum Gasteiger partial charge on any atom is -0.466 e. The number of ether oxygens (including phenoxy) is 1. The van der Waals surface area contributed by atoms with Crippen LogP contribution in [0, 0.1) is 0 Å². The first kappa shape index (κ1) is 11.3. The van der Waals surface area contributed by atoms with E-state index in [4.69, 9.17) is 4.74 Å². The van der Waals surface area contributed by atoms with Crippen molar-refractivity contribution in [1.29, 1.82) is 0 Å². The maximum Gasteiger partial charge on any atom is 0.311 e. The molecule has 0 amide bonds. The minimum atomic E-state index is -0.192. The van der Waals surface area contributed by atoms with Gasteiger partial charge in [0.15, 0.2) is 0 Å². The van der Waals surface area contributed by atoms with Gasteiger partial charge in [0.1, 0.15) is 5.82 Å². The Hall–Kier alpha value is -1.23. The molecule has 0 aliphatic carbocycles. The van der Waals surface area contributed by atoms with Crippen molar-refractivity contribution in [1.82, 2.24) is 10.2 Å². The summed E-state index contributed by atoms with van der Waals surface area (Å²) in [6.07, 6.45) is 6.13. The molecule has 1 N–H and O–H groups in total. The number of nitrogens with zero attached hydrogens (tertiary/aromatic N) is 1. The number of rotatable bonds is 3. The molecule has 4 nitrogen and oxygen atoms in total. The number of carbonyl (C=O) groups excluding carboxylic acids is 1. The Kier molecular flexibility index (Phi) is 3.33. The number of nitrogens with one attached hydrogen (secondary N) is 1. The molecule has 5 heteroatoms. The number of esters is 1. The van der Waals surface area contributed by atoms with Crippen LogP contribution in [0.3, 0.4) is 0 Å². The van der Waals surface area contributed by atoms with Gasteiger partial charge in [0.25, 0.3) is 0 Å². The second-order valence-corrected chi connectivity index (χ2v) is 4.53. The Balaban J connectivity index is 2.01. The van der Waals surface area contributed by atoms with Crippen LogP contribution in [0.25, 0.3) is 0 Å². The fraction of sp³-hybridized carbons (Fsp3) is 0.364. The first-order chi connectivity index (χ1) is 7.70. The molecule has 0 spiro atoms. The quantitative estimate of drug-likeness (QED) is 0.803. The standard InChI is InChI=1S/C11H13BrN2O2/c1-2-16-11(15)5-9-6-13-10-4-3-8(12)7-14(9)10/h3-4,6,13H,2,5,7H2,1H3. The predicted molar refractivity (Wildman–Crippen MR) is 64.3 cm³/mol. The van der Waals surface area contributed by atoms with E-state index in [-0.39, 0.29) is 5.97 Å². The first-order valence-corrected chi connectivity index (χ1v) is 5.95. The first-order valence-electron chi connectivity index (χ1n) is 5.16. The maximum absolute atomic E-state index is 11.4. The van der Waals surface area contributed by atoms with Gasteiger partial charge in [-0.2, -0.15) is 0 Å². The summed E-state index contributed by atoms with van der Waals surface area (Å²) in [6, 6.07) is 0. The molecule has 2 rings (SSSR count). The second-order valence-electron chi connectivity index (χ2n) is 3.51. The Morgan fingerprint density at radius 3 is 3.19 bits per heavy atom. The molecule has 2 aliphatic heterocycles. The lowest BCUT2D eigenvalue weighted by Crippen LogP contribution is -2.26. The lowest BCUT2D eigenvalue weighted by atomic mass is 10.2. The van der Waals surface area contributed by atoms with E-state index in [1.54, 1.807) is 0 Å². The molecule has 0 radical (unpaired) electrons. The molecule has 16 heavy (non-hydrogen) atoms. The highest BCUT2D eigenvalue weighted by Crippen LogP contribution is 2.27. The van der Waals surface area contributed by atoms with E-state index in [1.165, 1.54) is 0 Å². The third-order valence-electron chi connectivity index (χ3n) is 2.39. The van der Waals surface area contributed by atoms with Crippen LogP contribution < -0.4 is 5.32 Å². The molecule has 0 saturated heterocycles. The summed E-state index contributed by atoms with van der Waals surface area (Å²) in [4.78, 5) is 13.4. The monoisotopic (exact) mass is 284 g/mol. The third kappa shape index (κ3) is 2.29. The van der Waals surface area contributed by atoms with Gasteiger partial charge in [0.2, 0.25) is 0 Å². The summed E-state index contributed by atoms with van der Waals surface area (Å²) in [6.45, 7) is 2.99. The predicted octanol–water partition coefficient (Wildman–Crippen LogP) is 1.82. The average Bonchev–Trinajstić information content (AvgIpc) is 2.61. The van der Waals surface area contributed by atoms with Gasteiger partial charge < -0.3 is 15.0 Å². The summed E-state index contributed by atoms with van der Waals surface area (Å²) in [5, 5.41) is 3.13. The molecule has 0 saturated carbocycles. The lowest BCUT2D eigenvalue weighted by Gasteiger charge is -2.25. The van der Waals surface area contributed by atoms with Gasteiger partial charge in [-0.15, -0.1) is 0 Å². The van der Waals surface area contributed by atoms with Crippen molar-refractivity contribution >= 4 is 21.9 Å². The van der Waals surface area contributed by atoms with E-state index in [0.717, 1.165) is 22.5 Å². The Morgan fingerprint density at radius 1 is 1.62 bits per heavy atom. The lowest BCUT2D eigenvalue weighted by molar-refractivity contribution is -0.142. The Morgan fingerprint density at radius 2 is 2.44 bits per heavy atom. The number of hydrogen-bond donors (Lipinski definition) is 1. The van der Waals surface area contributed by atoms with Crippen LogP contribution in [-0.4, -0.2) is 24.0 Å². The van der Waals surface area contributed by atoms with Gasteiger partial charge in [-0.05, 0) is 19.1 Å². The number of carbonyl (C=O) groups is 1. The molecular weight excluding hydrogens is 272 g/mol. The normalized spacial score (nSPS) is 18.1. The van der Waals surface area contributed by atoms with Crippen molar-refractivity contribution in [3.05, 3.63) is 34.4 Å². The van der Waals surface area contributed by atoms with Crippen LogP contribution in [0.15, 0.2) is 34.4 Å². The smallest absolute Gasteiger partial charge is 0.311 e. The molecule has 0 bridgehead atoms. The van der Waals surface area contributed by atoms with E-state index in [9.17, 15) is 4.79 Å². The van der Waals surface area contributed by atoms with E-state index in [1.807, 2.05) is 25.3 Å². The van der Waals surface area contributed by atoms with Crippen LogP contribution in [0.1, 0.15) is 13.3 Å². The van der Waals surface area contributed by atoms with E-state index in [0.29, 0.717) is 13.0 Å². The fourth-order valence-electron chi connectivity index (χ4n) is 1.67. The zero-order valence-electron chi connectivity index (χ0n) is 9.00. The maximum atomic E-state index is 11.4. The zero-order valence-corrected chi connectivity index (χ0v) is 10.6. The summed E-state index contributed by atoms with van der Waals surface area (Å²) in [5.41, 5.74) is 0.940. The fourth-order valence-corrected chi connectivity index (χ4v) is 2.06. The van der Waals surface area contributed by atoms with Crippen LogP contribution in [0.4, 0.5) is 0 Å². The largest absolute Gasteiger partial charge is 0.466 e. The summed E-state index contributed by atoms with van der Waals surface area (Å²) in [7, 11) is 0. The molecule has 86 valence electrons. The number of halogens is 1. The molecule has 0 fully saturated rings. The molecule has 0 unspecified atom stereocenters. The summed E-state index contributed by atoms with van der Waals surface area (Å²) < 4.78 is 6.02. The zero-order chi connectivity index (χ0) is 11.5. The Labute approximate surface area is 103 Å². The highest BCUT2D eigenvalue weighted by atomic mass is 79.9. The Bertz CT molecular complexity index is 399. The molecule has 0 atom stereocenters. The van der Waals surface area contributed by atoms with Crippen LogP contribution >= 0.6 is 15.9 Å². The summed E-state index contributed by atoms with van der Waals surface area (Å²) >= 11 is 3.45. The highest BCUT2D eigenvalue weighted by molar-refractivity contribution is 9.11. The van der Waals surface area contributed by atoms with Crippen molar-refractivity contribution in [3.8, 4) is 0 Å². The van der Waals surface area contributed by atoms with Gasteiger partial charge in [-0.1, -0.05) is 15.9 Å². The molecule has 2 heterocycles. The van der Waals surface area contributed by atoms with Crippen molar-refractivity contribution in [3.63, 3.8) is 0 Å². The van der Waals surface area contributed by atoms with Crippen LogP contribution in [0.5, 0.6) is 0 Å². The molecular formula is C11H13BrN2O2.